The molecule has 0 spiro atoms. The van der Waals surface area contributed by atoms with Gasteiger partial charge >= 0.3 is 6.18 Å². The Morgan fingerprint density at radius 3 is 2.41 bits per heavy atom. The van der Waals surface area contributed by atoms with Crippen LogP contribution in [0.5, 0.6) is 5.75 Å². The highest BCUT2D eigenvalue weighted by molar-refractivity contribution is 7.80. The van der Waals surface area contributed by atoms with Gasteiger partial charge in [0.2, 0.25) is 11.8 Å². The van der Waals surface area contributed by atoms with Crippen LogP contribution in [0.15, 0.2) is 72.9 Å². The first-order valence-corrected chi connectivity index (χ1v) is 21.1. The number of anilines is 5. The Labute approximate surface area is 358 Å². The molecule has 4 aliphatic rings. The van der Waals surface area contributed by atoms with Crippen LogP contribution < -0.4 is 30.9 Å². The minimum atomic E-state index is -4.69. The number of para-hydroxylation sites is 1. The molecule has 0 radical (unpaired) electrons. The molecule has 13 nitrogen and oxygen atoms in total. The molecule has 2 unspecified atom stereocenters. The molecule has 3 fully saturated rings. The molecule has 3 saturated heterocycles. The fourth-order valence-corrected chi connectivity index (χ4v) is 9.46. The number of nitrogens with zero attached hydrogens (tertiary/aromatic N) is 5. The van der Waals surface area contributed by atoms with E-state index in [4.69, 9.17) is 17.4 Å². The summed E-state index contributed by atoms with van der Waals surface area (Å²) in [5.74, 6) is -0.189. The average molecular weight is 858 g/mol. The zero-order valence-electron chi connectivity index (χ0n) is 34.1. The number of nitrogens with one attached hydrogen (secondary N) is 4. The Bertz CT molecular complexity index is 2280. The van der Waals surface area contributed by atoms with Gasteiger partial charge in [-0.3, -0.25) is 34.4 Å². The van der Waals surface area contributed by atoms with E-state index in [9.17, 15) is 27.6 Å². The number of halogens is 3. The van der Waals surface area contributed by atoms with Gasteiger partial charge in [-0.25, -0.2) is 4.98 Å². The predicted molar refractivity (Wildman–Crippen MR) is 231 cm³/mol. The maximum absolute atomic E-state index is 14.1. The maximum atomic E-state index is 14.1. The lowest BCUT2D eigenvalue weighted by atomic mass is 10.0. The first-order valence-electron chi connectivity index (χ1n) is 20.6. The molecule has 4 aromatic rings. The summed E-state index contributed by atoms with van der Waals surface area (Å²) in [4.78, 5) is 50.3. The minimum Gasteiger partial charge on any atom is -0.494 e. The lowest BCUT2D eigenvalue weighted by Crippen LogP contribution is -2.53. The topological polar surface area (TPSA) is 134 Å². The Morgan fingerprint density at radius 2 is 1.69 bits per heavy atom. The highest BCUT2D eigenvalue weighted by atomic mass is 32.1. The molecule has 5 heterocycles. The van der Waals surface area contributed by atoms with Crippen LogP contribution in [0.3, 0.4) is 0 Å². The number of aromatic nitrogens is 1. The Balaban J connectivity index is 0.845. The summed E-state index contributed by atoms with van der Waals surface area (Å²) in [6.07, 6.45) is -1.01. The van der Waals surface area contributed by atoms with E-state index < -0.39 is 17.6 Å². The number of fused-ring (bicyclic) bond motifs is 1. The number of carbonyl (C=O) groups is 3. The quantitative estimate of drug-likeness (QED) is 0.0861. The third kappa shape index (κ3) is 9.29. The summed E-state index contributed by atoms with van der Waals surface area (Å²) < 4.78 is 48.0. The second kappa shape index (κ2) is 17.9. The number of imide groups is 1. The van der Waals surface area contributed by atoms with Crippen molar-refractivity contribution >= 4 is 58.9 Å². The van der Waals surface area contributed by atoms with Gasteiger partial charge in [-0.05, 0) is 60.2 Å². The molecule has 0 saturated carbocycles. The summed E-state index contributed by atoms with van der Waals surface area (Å²) in [6.45, 7) is 7.23. The van der Waals surface area contributed by atoms with Gasteiger partial charge in [0.15, 0.2) is 0 Å². The lowest BCUT2D eigenvalue weighted by Gasteiger charge is -2.43. The molecule has 3 amide bonds. The molecule has 3 aromatic carbocycles. The molecular weight excluding hydrogens is 808 g/mol. The first-order chi connectivity index (χ1) is 29.4. The number of carbonyl (C=O) groups excluding carboxylic acids is 3. The molecular formula is C44H50F3N9O4S. The average Bonchev–Trinajstić information content (AvgIpc) is 3.58. The van der Waals surface area contributed by atoms with Crippen LogP contribution in [0, 0.1) is 0 Å². The highest BCUT2D eigenvalue weighted by Crippen LogP contribution is 2.41. The summed E-state index contributed by atoms with van der Waals surface area (Å²) in [6, 6.07) is 20.1. The molecule has 4 aliphatic heterocycles. The molecule has 2 atom stereocenters. The van der Waals surface area contributed by atoms with E-state index >= 15 is 0 Å². The zero-order chi connectivity index (χ0) is 42.8. The van der Waals surface area contributed by atoms with Crippen LogP contribution in [0.1, 0.15) is 63.7 Å². The van der Waals surface area contributed by atoms with Crippen molar-refractivity contribution in [3.8, 4) is 5.75 Å². The van der Waals surface area contributed by atoms with Crippen LogP contribution in [-0.2, 0) is 28.9 Å². The highest BCUT2D eigenvalue weighted by Gasteiger charge is 2.39. The summed E-state index contributed by atoms with van der Waals surface area (Å²) in [5.41, 5.74) is 4.31. The number of amides is 3. The van der Waals surface area contributed by atoms with Crippen molar-refractivity contribution in [1.29, 1.82) is 0 Å². The summed E-state index contributed by atoms with van der Waals surface area (Å²) in [7, 11) is 3.01. The number of rotatable bonds is 11. The standard InChI is InChI=1S/C44H50F3N9O4S/c1-48-41(58)32-5-3-4-6-34(32)50-36-23-39(49-24-33(36)44(45,46)47)51-35-10-8-30(22-38(35)60-2)54-15-13-29(14-16-54)55-19-17-53(18-20-55)25-27-7-9-31-28(21-27)26-56(43(31)61)37-11-12-40(57)52-42(37)59/h3-10,21-24,29,37,43,61H,11-20,25-26H2,1-2H3,(H,48,58)(H2,49,50,51)(H,52,57,59). The van der Waals surface area contributed by atoms with Gasteiger partial charge in [0.05, 0.1) is 46.7 Å². The third-order valence-corrected chi connectivity index (χ3v) is 12.8. The van der Waals surface area contributed by atoms with E-state index in [-0.39, 0.29) is 46.0 Å². The second-order valence-electron chi connectivity index (χ2n) is 15.9. The largest absolute Gasteiger partial charge is 0.494 e. The third-order valence-electron chi connectivity index (χ3n) is 12.2. The van der Waals surface area contributed by atoms with Crippen molar-refractivity contribution in [2.75, 3.05) is 69.0 Å². The van der Waals surface area contributed by atoms with Gasteiger partial charge in [0.25, 0.3) is 5.91 Å². The molecule has 61 heavy (non-hydrogen) atoms. The molecule has 1 aromatic heterocycles. The van der Waals surface area contributed by atoms with Crippen molar-refractivity contribution in [2.24, 2.45) is 0 Å². The summed E-state index contributed by atoms with van der Waals surface area (Å²) >= 11 is 4.85. The number of thiol groups is 1. The Kier molecular flexibility index (Phi) is 12.4. The van der Waals surface area contributed by atoms with Gasteiger partial charge in [-0.2, -0.15) is 25.8 Å². The minimum absolute atomic E-state index is 0.164. The summed E-state index contributed by atoms with van der Waals surface area (Å²) in [5, 5.41) is 10.7. The monoisotopic (exact) mass is 857 g/mol. The van der Waals surface area contributed by atoms with Crippen LogP contribution in [-0.4, -0.2) is 103 Å². The number of pyridine rings is 1. The molecule has 322 valence electrons. The number of piperazine rings is 1. The molecule has 8 rings (SSSR count). The van der Waals surface area contributed by atoms with Crippen molar-refractivity contribution < 1.29 is 32.3 Å². The van der Waals surface area contributed by atoms with E-state index in [0.29, 0.717) is 36.9 Å². The molecule has 4 N–H and O–H groups in total. The van der Waals surface area contributed by atoms with E-state index in [1.807, 2.05) is 18.2 Å². The predicted octanol–water partition coefficient (Wildman–Crippen LogP) is 6.29. The molecule has 0 bridgehead atoms. The maximum Gasteiger partial charge on any atom is 0.419 e. The second-order valence-corrected chi connectivity index (χ2v) is 16.4. The Hall–Kier alpha value is -5.36. The number of hydrogen-bond donors (Lipinski definition) is 5. The normalized spacial score (nSPS) is 20.6. The van der Waals surface area contributed by atoms with Crippen molar-refractivity contribution in [2.45, 2.75) is 62.4 Å². The van der Waals surface area contributed by atoms with E-state index in [1.165, 1.54) is 30.3 Å². The van der Waals surface area contributed by atoms with E-state index in [0.717, 1.165) is 76.1 Å². The number of piperidine rings is 2. The lowest BCUT2D eigenvalue weighted by molar-refractivity contribution is -0.138. The number of hydrogen-bond acceptors (Lipinski definition) is 12. The van der Waals surface area contributed by atoms with E-state index in [1.54, 1.807) is 25.3 Å². The van der Waals surface area contributed by atoms with Gasteiger partial charge < -0.3 is 25.6 Å². The number of alkyl halides is 3. The van der Waals surface area contributed by atoms with Crippen LogP contribution in [0.4, 0.5) is 41.7 Å². The van der Waals surface area contributed by atoms with E-state index in [2.05, 4.69) is 64.0 Å². The first kappa shape index (κ1) is 42.3. The van der Waals surface area contributed by atoms with Crippen LogP contribution in [0.25, 0.3) is 0 Å². The van der Waals surface area contributed by atoms with Crippen LogP contribution >= 0.6 is 12.6 Å². The molecule has 0 aliphatic carbocycles. The van der Waals surface area contributed by atoms with Gasteiger partial charge in [0.1, 0.15) is 11.6 Å². The Morgan fingerprint density at radius 1 is 0.918 bits per heavy atom. The number of benzene rings is 3. The number of methoxy groups -OCH3 is 1. The van der Waals surface area contributed by atoms with Gasteiger partial charge in [-0.15, -0.1) is 0 Å². The van der Waals surface area contributed by atoms with Crippen molar-refractivity contribution in [3.63, 3.8) is 0 Å². The SMILES string of the molecule is CNC(=O)c1ccccc1Nc1cc(Nc2ccc(N3CCC(N4CCN(Cc5ccc6c(c5)CN(C5CCC(=O)NC5=O)C6S)CC4)CC3)cc2OC)ncc1C(F)(F)F. The fourth-order valence-electron chi connectivity index (χ4n) is 8.96. The molecule has 17 heteroatoms. The van der Waals surface area contributed by atoms with Crippen molar-refractivity contribution in [1.82, 2.24) is 30.3 Å². The van der Waals surface area contributed by atoms with Gasteiger partial charge in [-0.1, -0.05) is 30.3 Å². The number of ether oxygens (including phenoxy) is 1. The zero-order valence-corrected chi connectivity index (χ0v) is 35.0. The fraction of sp³-hybridized carbons (Fsp3) is 0.409. The van der Waals surface area contributed by atoms with Crippen LogP contribution in [0.2, 0.25) is 0 Å². The van der Waals surface area contributed by atoms with Gasteiger partial charge in [0, 0.05) is 95.9 Å². The van der Waals surface area contributed by atoms with Crippen molar-refractivity contribution in [3.05, 3.63) is 101 Å². The smallest absolute Gasteiger partial charge is 0.419 e.